The van der Waals surface area contributed by atoms with Crippen molar-refractivity contribution in [2.75, 3.05) is 21.3 Å². The van der Waals surface area contributed by atoms with Crippen molar-refractivity contribution in [1.82, 2.24) is 10.6 Å². The van der Waals surface area contributed by atoms with Gasteiger partial charge in [-0.3, -0.25) is 0 Å². The van der Waals surface area contributed by atoms with Crippen molar-refractivity contribution >= 4 is 6.03 Å². The minimum absolute atomic E-state index is 0.212. The molecule has 0 saturated carbocycles. The van der Waals surface area contributed by atoms with Gasteiger partial charge in [0.15, 0.2) is 0 Å². The Hall–Kier alpha value is -2.73. The third-order valence-electron chi connectivity index (χ3n) is 4.01. The molecule has 6 heteroatoms. The molecule has 1 atom stereocenters. The normalized spacial score (nSPS) is 11.5. The molecule has 0 bridgehead atoms. The first-order valence-corrected chi connectivity index (χ1v) is 8.40. The first-order valence-electron chi connectivity index (χ1n) is 8.40. The number of benzene rings is 2. The quantitative estimate of drug-likeness (QED) is 0.759. The topological polar surface area (TPSA) is 68.8 Å². The van der Waals surface area contributed by atoms with Crippen molar-refractivity contribution < 1.29 is 19.0 Å². The van der Waals surface area contributed by atoms with Gasteiger partial charge in [-0.1, -0.05) is 24.3 Å². The van der Waals surface area contributed by atoms with Gasteiger partial charge >= 0.3 is 6.03 Å². The Labute approximate surface area is 154 Å². The second-order valence-electron chi connectivity index (χ2n) is 5.91. The van der Waals surface area contributed by atoms with Crippen molar-refractivity contribution in [3.8, 4) is 11.5 Å². The molecule has 2 aromatic rings. The lowest BCUT2D eigenvalue weighted by atomic mass is 10.1. The summed E-state index contributed by atoms with van der Waals surface area (Å²) < 4.78 is 15.7. The minimum Gasteiger partial charge on any atom is -0.497 e. The van der Waals surface area contributed by atoms with E-state index in [2.05, 4.69) is 10.6 Å². The number of hydrogen-bond donors (Lipinski definition) is 2. The predicted octanol–water partition coefficient (Wildman–Crippen LogP) is 3.41. The van der Waals surface area contributed by atoms with Crippen LogP contribution in [0.3, 0.4) is 0 Å². The average Bonchev–Trinajstić information content (AvgIpc) is 2.66. The molecule has 6 nitrogen and oxygen atoms in total. The Morgan fingerprint density at radius 1 is 1.04 bits per heavy atom. The van der Waals surface area contributed by atoms with Crippen LogP contribution >= 0.6 is 0 Å². The van der Waals surface area contributed by atoms with Crippen molar-refractivity contribution in [2.45, 2.75) is 26.1 Å². The van der Waals surface area contributed by atoms with E-state index in [1.165, 1.54) is 0 Å². The van der Waals surface area contributed by atoms with E-state index in [0.717, 1.165) is 16.7 Å². The molecule has 0 radical (unpaired) electrons. The smallest absolute Gasteiger partial charge is 0.315 e. The van der Waals surface area contributed by atoms with E-state index in [4.69, 9.17) is 14.2 Å². The number of rotatable bonds is 8. The van der Waals surface area contributed by atoms with E-state index in [1.807, 2.05) is 43.3 Å². The van der Waals surface area contributed by atoms with Crippen molar-refractivity contribution in [3.05, 3.63) is 59.2 Å². The van der Waals surface area contributed by atoms with Gasteiger partial charge in [0.2, 0.25) is 0 Å². The van der Waals surface area contributed by atoms with Crippen LogP contribution in [0.4, 0.5) is 4.79 Å². The summed E-state index contributed by atoms with van der Waals surface area (Å²) in [6.07, 6.45) is 0. The standard InChI is InChI=1S/C20H26N2O4/c1-14(18-9-8-17(25-3)11-19(18)26-4)22-20(23)21-12-15-6-5-7-16(10-15)13-24-2/h5-11,14H,12-13H2,1-4H3,(H2,21,22,23). The molecule has 140 valence electrons. The summed E-state index contributed by atoms with van der Waals surface area (Å²) in [5.74, 6) is 1.38. The molecule has 2 amide bonds. The van der Waals surface area contributed by atoms with Crippen LogP contribution in [-0.2, 0) is 17.9 Å². The fourth-order valence-electron chi connectivity index (χ4n) is 2.68. The van der Waals surface area contributed by atoms with Gasteiger partial charge in [0.25, 0.3) is 0 Å². The first-order chi connectivity index (χ1) is 12.6. The van der Waals surface area contributed by atoms with Gasteiger partial charge in [-0.15, -0.1) is 0 Å². The summed E-state index contributed by atoms with van der Waals surface area (Å²) in [7, 11) is 4.86. The first kappa shape index (κ1) is 19.6. The van der Waals surface area contributed by atoms with E-state index >= 15 is 0 Å². The minimum atomic E-state index is -0.243. The van der Waals surface area contributed by atoms with Crippen molar-refractivity contribution in [1.29, 1.82) is 0 Å². The second kappa shape index (κ2) is 9.68. The van der Waals surface area contributed by atoms with Gasteiger partial charge in [-0.05, 0) is 30.2 Å². The van der Waals surface area contributed by atoms with Gasteiger partial charge in [0.05, 0.1) is 26.9 Å². The molecule has 2 rings (SSSR count). The molecule has 0 aliphatic rings. The van der Waals surface area contributed by atoms with Crippen LogP contribution in [0.15, 0.2) is 42.5 Å². The van der Waals surface area contributed by atoms with Crippen LogP contribution in [0.1, 0.15) is 29.7 Å². The number of amides is 2. The highest BCUT2D eigenvalue weighted by Gasteiger charge is 2.14. The summed E-state index contributed by atoms with van der Waals surface area (Å²) >= 11 is 0. The molecule has 1 unspecified atom stereocenters. The number of urea groups is 1. The van der Waals surface area contributed by atoms with Crippen LogP contribution in [0.5, 0.6) is 11.5 Å². The molecule has 0 spiro atoms. The number of methoxy groups -OCH3 is 3. The summed E-state index contributed by atoms with van der Waals surface area (Å²) in [6, 6.07) is 13.0. The lowest BCUT2D eigenvalue weighted by molar-refractivity contribution is 0.185. The van der Waals surface area contributed by atoms with Crippen LogP contribution in [-0.4, -0.2) is 27.4 Å². The molecular formula is C20H26N2O4. The molecule has 0 aliphatic carbocycles. The van der Waals surface area contributed by atoms with E-state index in [0.29, 0.717) is 24.7 Å². The summed E-state index contributed by atoms with van der Waals surface area (Å²) in [5, 5.41) is 5.80. The van der Waals surface area contributed by atoms with Gasteiger partial charge in [0.1, 0.15) is 11.5 Å². The van der Waals surface area contributed by atoms with E-state index in [9.17, 15) is 4.79 Å². The monoisotopic (exact) mass is 358 g/mol. The number of carbonyl (C=O) groups is 1. The fourth-order valence-corrected chi connectivity index (χ4v) is 2.68. The molecule has 0 fully saturated rings. The zero-order valence-electron chi connectivity index (χ0n) is 15.7. The summed E-state index contributed by atoms with van der Waals surface area (Å²) in [6.45, 7) is 2.90. The van der Waals surface area contributed by atoms with E-state index in [-0.39, 0.29) is 12.1 Å². The van der Waals surface area contributed by atoms with Gasteiger partial charge in [0, 0.05) is 25.3 Å². The molecule has 0 heterocycles. The van der Waals surface area contributed by atoms with Crippen molar-refractivity contribution in [3.63, 3.8) is 0 Å². The van der Waals surface area contributed by atoms with Crippen LogP contribution in [0, 0.1) is 0 Å². The molecule has 2 aromatic carbocycles. The average molecular weight is 358 g/mol. The maximum Gasteiger partial charge on any atom is 0.315 e. The Morgan fingerprint density at radius 3 is 2.50 bits per heavy atom. The number of carbonyl (C=O) groups excluding carboxylic acids is 1. The van der Waals surface area contributed by atoms with Crippen LogP contribution < -0.4 is 20.1 Å². The Balaban J connectivity index is 1.94. The maximum atomic E-state index is 12.2. The Bertz CT molecular complexity index is 734. The van der Waals surface area contributed by atoms with Crippen molar-refractivity contribution in [2.24, 2.45) is 0 Å². The molecule has 26 heavy (non-hydrogen) atoms. The number of hydrogen-bond acceptors (Lipinski definition) is 4. The molecule has 0 aliphatic heterocycles. The molecule has 2 N–H and O–H groups in total. The second-order valence-corrected chi connectivity index (χ2v) is 5.91. The van der Waals surface area contributed by atoms with E-state index in [1.54, 1.807) is 27.4 Å². The van der Waals surface area contributed by atoms with E-state index < -0.39 is 0 Å². The fraction of sp³-hybridized carbons (Fsp3) is 0.350. The largest absolute Gasteiger partial charge is 0.497 e. The zero-order valence-corrected chi connectivity index (χ0v) is 15.7. The highest BCUT2D eigenvalue weighted by molar-refractivity contribution is 5.74. The van der Waals surface area contributed by atoms with Gasteiger partial charge in [-0.2, -0.15) is 0 Å². The molecule has 0 aromatic heterocycles. The Morgan fingerprint density at radius 2 is 1.81 bits per heavy atom. The summed E-state index contributed by atoms with van der Waals surface area (Å²) in [4.78, 5) is 12.2. The highest BCUT2D eigenvalue weighted by Crippen LogP contribution is 2.29. The SMILES string of the molecule is COCc1cccc(CNC(=O)NC(C)c2ccc(OC)cc2OC)c1. The van der Waals surface area contributed by atoms with Gasteiger partial charge in [-0.25, -0.2) is 4.79 Å². The predicted molar refractivity (Wildman–Crippen MR) is 100 cm³/mol. The van der Waals surface area contributed by atoms with Crippen LogP contribution in [0.2, 0.25) is 0 Å². The zero-order chi connectivity index (χ0) is 18.9. The number of ether oxygens (including phenoxy) is 3. The number of nitrogens with one attached hydrogen (secondary N) is 2. The van der Waals surface area contributed by atoms with Gasteiger partial charge < -0.3 is 24.8 Å². The molecular weight excluding hydrogens is 332 g/mol. The van der Waals surface area contributed by atoms with Crippen LogP contribution in [0.25, 0.3) is 0 Å². The lowest BCUT2D eigenvalue weighted by Crippen LogP contribution is -2.36. The third kappa shape index (κ3) is 5.39. The lowest BCUT2D eigenvalue weighted by Gasteiger charge is -2.18. The third-order valence-corrected chi connectivity index (χ3v) is 4.01. The maximum absolute atomic E-state index is 12.2. The summed E-state index contributed by atoms with van der Waals surface area (Å²) in [5.41, 5.74) is 2.97. The molecule has 0 saturated heterocycles. The highest BCUT2D eigenvalue weighted by atomic mass is 16.5. The Kier molecular flexibility index (Phi) is 7.29.